The first-order valence-corrected chi connectivity index (χ1v) is 12.8. The Hall–Kier alpha value is -3.37. The van der Waals surface area contributed by atoms with E-state index in [0.29, 0.717) is 34.2 Å². The van der Waals surface area contributed by atoms with Crippen molar-refractivity contribution in [3.8, 4) is 11.5 Å². The van der Waals surface area contributed by atoms with Crippen molar-refractivity contribution in [2.75, 3.05) is 25.2 Å². The molecule has 172 valence electrons. The molecule has 0 bridgehead atoms. The lowest BCUT2D eigenvalue weighted by atomic mass is 9.96. The Balaban J connectivity index is 1.74. The summed E-state index contributed by atoms with van der Waals surface area (Å²) in [6, 6.07) is 15.5. The first kappa shape index (κ1) is 22.8. The molecule has 1 amide bonds. The van der Waals surface area contributed by atoms with E-state index in [-0.39, 0.29) is 5.91 Å². The lowest BCUT2D eigenvalue weighted by Crippen LogP contribution is -2.27. The Morgan fingerprint density at radius 1 is 1.06 bits per heavy atom. The van der Waals surface area contributed by atoms with Crippen LogP contribution in [0.4, 0.5) is 5.69 Å². The van der Waals surface area contributed by atoms with E-state index in [1.54, 1.807) is 44.6 Å². The van der Waals surface area contributed by atoms with Crippen molar-refractivity contribution in [2.24, 2.45) is 5.10 Å². The van der Waals surface area contributed by atoms with E-state index in [2.05, 4.69) is 9.82 Å². The Morgan fingerprint density at radius 3 is 2.27 bits per heavy atom. The molecule has 1 aliphatic heterocycles. The number of rotatable bonds is 7. The number of hydrazone groups is 1. The molecule has 3 aromatic rings. The predicted molar refractivity (Wildman–Crippen MR) is 129 cm³/mol. The number of nitrogens with zero attached hydrogens (tertiary/aromatic N) is 2. The van der Waals surface area contributed by atoms with E-state index in [0.717, 1.165) is 17.4 Å². The van der Waals surface area contributed by atoms with Gasteiger partial charge in [0.05, 0.1) is 42.7 Å². The summed E-state index contributed by atoms with van der Waals surface area (Å²) in [6.45, 7) is 0. The molecule has 8 nitrogen and oxygen atoms in total. The maximum absolute atomic E-state index is 13.3. The van der Waals surface area contributed by atoms with Crippen molar-refractivity contribution in [3.63, 3.8) is 0 Å². The predicted octanol–water partition coefficient (Wildman–Crippen LogP) is 4.13. The first-order valence-electron chi connectivity index (χ1n) is 10.0. The highest BCUT2D eigenvalue weighted by atomic mass is 32.2. The van der Waals surface area contributed by atoms with Gasteiger partial charge in [-0.2, -0.15) is 5.10 Å². The van der Waals surface area contributed by atoms with Crippen LogP contribution in [0.5, 0.6) is 11.5 Å². The number of amides is 1. The van der Waals surface area contributed by atoms with Crippen molar-refractivity contribution < 1.29 is 22.7 Å². The van der Waals surface area contributed by atoms with Crippen molar-refractivity contribution in [1.29, 1.82) is 0 Å². The number of anilines is 1. The first-order chi connectivity index (χ1) is 15.8. The lowest BCUT2D eigenvalue weighted by molar-refractivity contribution is 0.0712. The van der Waals surface area contributed by atoms with Crippen LogP contribution in [-0.2, 0) is 10.0 Å². The molecule has 10 heteroatoms. The zero-order chi connectivity index (χ0) is 23.6. The van der Waals surface area contributed by atoms with E-state index in [1.807, 2.05) is 29.6 Å². The number of ether oxygens (including phenoxy) is 2. The third-order valence-corrected chi connectivity index (χ3v) is 6.64. The number of nitrogens with one attached hydrogen (secondary N) is 1. The van der Waals surface area contributed by atoms with E-state index in [9.17, 15) is 13.2 Å². The SMILES string of the molecule is COc1cccc(OC)c1[C@H]1CC(c2ccc(NS(C)(=O)=O)cc2)=NN1C(=O)c1cccs1. The normalized spacial score (nSPS) is 15.8. The minimum atomic E-state index is -3.37. The van der Waals surface area contributed by atoms with Gasteiger partial charge in [-0.1, -0.05) is 24.3 Å². The van der Waals surface area contributed by atoms with Gasteiger partial charge in [-0.3, -0.25) is 9.52 Å². The van der Waals surface area contributed by atoms with Gasteiger partial charge in [0, 0.05) is 12.1 Å². The van der Waals surface area contributed by atoms with Crippen LogP contribution in [0.25, 0.3) is 0 Å². The van der Waals surface area contributed by atoms with Crippen LogP contribution in [0, 0.1) is 0 Å². The van der Waals surface area contributed by atoms with Crippen LogP contribution < -0.4 is 14.2 Å². The highest BCUT2D eigenvalue weighted by molar-refractivity contribution is 7.92. The number of hydrogen-bond donors (Lipinski definition) is 1. The summed E-state index contributed by atoms with van der Waals surface area (Å²) in [4.78, 5) is 13.9. The Bertz CT molecular complexity index is 1260. The number of benzene rings is 2. The molecule has 2 heterocycles. The number of hydrogen-bond acceptors (Lipinski definition) is 7. The van der Waals surface area contributed by atoms with Gasteiger partial charge < -0.3 is 9.47 Å². The molecule has 0 saturated heterocycles. The Morgan fingerprint density at radius 2 is 1.73 bits per heavy atom. The second-order valence-corrected chi connectivity index (χ2v) is 10.1. The average molecular weight is 486 g/mol. The molecule has 1 atom stereocenters. The van der Waals surface area contributed by atoms with Crippen LogP contribution in [0.3, 0.4) is 0 Å². The molecule has 33 heavy (non-hydrogen) atoms. The Labute approximate surface area is 196 Å². The third kappa shape index (κ3) is 4.86. The van der Waals surface area contributed by atoms with E-state index in [4.69, 9.17) is 9.47 Å². The Kier molecular flexibility index (Phi) is 6.39. The van der Waals surface area contributed by atoms with Gasteiger partial charge >= 0.3 is 0 Å². The molecule has 2 aromatic carbocycles. The molecule has 0 unspecified atom stereocenters. The lowest BCUT2D eigenvalue weighted by Gasteiger charge is -2.24. The summed E-state index contributed by atoms with van der Waals surface area (Å²) in [6.07, 6.45) is 1.54. The number of carbonyl (C=O) groups excluding carboxylic acids is 1. The van der Waals surface area contributed by atoms with Crippen molar-refractivity contribution in [1.82, 2.24) is 5.01 Å². The molecule has 0 radical (unpaired) electrons. The fourth-order valence-corrected chi connectivity index (χ4v) is 4.98. The summed E-state index contributed by atoms with van der Waals surface area (Å²) in [5.74, 6) is 0.994. The maximum Gasteiger partial charge on any atom is 0.284 e. The van der Waals surface area contributed by atoms with Crippen molar-refractivity contribution >= 4 is 38.7 Å². The molecule has 0 aliphatic carbocycles. The quantitative estimate of drug-likeness (QED) is 0.543. The van der Waals surface area contributed by atoms with Crippen LogP contribution >= 0.6 is 11.3 Å². The maximum atomic E-state index is 13.3. The molecule has 0 fully saturated rings. The largest absolute Gasteiger partial charge is 0.496 e. The van der Waals surface area contributed by atoms with E-state index < -0.39 is 16.1 Å². The second-order valence-electron chi connectivity index (χ2n) is 7.42. The molecule has 0 saturated carbocycles. The summed E-state index contributed by atoms with van der Waals surface area (Å²) < 4.78 is 36.6. The minimum absolute atomic E-state index is 0.215. The van der Waals surface area contributed by atoms with Crippen LogP contribution in [0.1, 0.15) is 33.3 Å². The van der Waals surface area contributed by atoms with Crippen LogP contribution in [0.2, 0.25) is 0 Å². The molecule has 1 N–H and O–H groups in total. The molecular formula is C23H23N3O5S2. The van der Waals surface area contributed by atoms with Crippen LogP contribution in [0.15, 0.2) is 65.1 Å². The molecule has 1 aliphatic rings. The summed E-state index contributed by atoms with van der Waals surface area (Å²) in [5, 5.41) is 8.01. The topological polar surface area (TPSA) is 97.3 Å². The van der Waals surface area contributed by atoms with Crippen molar-refractivity contribution in [2.45, 2.75) is 12.5 Å². The highest BCUT2D eigenvalue weighted by Crippen LogP contribution is 2.43. The second kappa shape index (κ2) is 9.24. The third-order valence-electron chi connectivity index (χ3n) is 5.17. The molecular weight excluding hydrogens is 462 g/mol. The van der Waals surface area contributed by atoms with Gasteiger partial charge in [0.2, 0.25) is 10.0 Å². The number of thiophene rings is 1. The number of methoxy groups -OCH3 is 2. The average Bonchev–Trinajstić information content (AvgIpc) is 3.48. The standard InChI is InChI=1S/C23H23N3O5S2/c1-30-19-6-4-7-20(31-2)22(19)18-14-17(24-26(18)23(27)21-8-5-13-32-21)15-9-11-16(12-10-15)25-33(3,28)29/h4-13,18,25H,14H2,1-3H3/t18-/m1/s1. The smallest absolute Gasteiger partial charge is 0.284 e. The van der Waals surface area contributed by atoms with Gasteiger partial charge in [0.25, 0.3) is 5.91 Å². The zero-order valence-electron chi connectivity index (χ0n) is 18.3. The minimum Gasteiger partial charge on any atom is -0.496 e. The fourth-order valence-electron chi connectivity index (χ4n) is 3.76. The monoisotopic (exact) mass is 485 g/mol. The molecule has 4 rings (SSSR count). The van der Waals surface area contributed by atoms with Gasteiger partial charge in [0.1, 0.15) is 11.5 Å². The zero-order valence-corrected chi connectivity index (χ0v) is 19.9. The summed E-state index contributed by atoms with van der Waals surface area (Å²) >= 11 is 1.35. The summed E-state index contributed by atoms with van der Waals surface area (Å²) in [5.41, 5.74) is 2.67. The van der Waals surface area contributed by atoms with Gasteiger partial charge in [-0.05, 0) is 41.3 Å². The summed E-state index contributed by atoms with van der Waals surface area (Å²) in [7, 11) is -0.220. The molecule has 0 spiro atoms. The number of carbonyl (C=O) groups is 1. The fraction of sp³-hybridized carbons (Fsp3) is 0.217. The van der Waals surface area contributed by atoms with Crippen LogP contribution in [-0.4, -0.2) is 45.5 Å². The van der Waals surface area contributed by atoms with Gasteiger partial charge in [-0.25, -0.2) is 13.4 Å². The number of sulfonamides is 1. The van der Waals surface area contributed by atoms with Crippen molar-refractivity contribution in [3.05, 3.63) is 76.0 Å². The van der Waals surface area contributed by atoms with E-state index in [1.165, 1.54) is 16.3 Å². The van der Waals surface area contributed by atoms with Gasteiger partial charge in [-0.15, -0.1) is 11.3 Å². The van der Waals surface area contributed by atoms with E-state index >= 15 is 0 Å². The van der Waals surface area contributed by atoms with Gasteiger partial charge in [0.15, 0.2) is 0 Å². The highest BCUT2D eigenvalue weighted by Gasteiger charge is 2.37. The molecule has 1 aromatic heterocycles.